The number of rotatable bonds is 8. The highest BCUT2D eigenvalue weighted by Gasteiger charge is 2.16. The van der Waals surface area contributed by atoms with E-state index in [9.17, 15) is 4.79 Å². The average molecular weight is 455 g/mol. The Bertz CT molecular complexity index is 1320. The summed E-state index contributed by atoms with van der Waals surface area (Å²) in [5.41, 5.74) is 2.20. The van der Waals surface area contributed by atoms with Crippen LogP contribution in [0.25, 0.3) is 33.5 Å². The van der Waals surface area contributed by atoms with Crippen molar-refractivity contribution in [2.24, 2.45) is 0 Å². The number of halogens is 1. The van der Waals surface area contributed by atoms with Crippen molar-refractivity contribution >= 4 is 28.6 Å². The fraction of sp³-hybridized carbons (Fsp3) is 0.318. The summed E-state index contributed by atoms with van der Waals surface area (Å²) in [6.45, 7) is 5.41. The van der Waals surface area contributed by atoms with Gasteiger partial charge in [-0.25, -0.2) is 4.98 Å². The summed E-state index contributed by atoms with van der Waals surface area (Å²) >= 11 is 6.56. The normalized spacial score (nSPS) is 11.2. The van der Waals surface area contributed by atoms with Gasteiger partial charge in [-0.3, -0.25) is 9.36 Å². The van der Waals surface area contributed by atoms with E-state index >= 15 is 0 Å². The number of nitrogens with zero attached hydrogens (tertiary/aromatic N) is 5. The molecule has 0 aliphatic rings. The van der Waals surface area contributed by atoms with Crippen LogP contribution < -0.4 is 10.9 Å². The lowest BCUT2D eigenvalue weighted by Crippen LogP contribution is -2.22. The molecule has 4 aromatic rings. The number of aryl methyl sites for hydroxylation is 2. The van der Waals surface area contributed by atoms with Crippen molar-refractivity contribution in [1.29, 1.82) is 0 Å². The molecule has 9 nitrogen and oxygen atoms in total. The molecule has 1 N–H and O–H groups in total. The first kappa shape index (κ1) is 21.9. The Morgan fingerprint density at radius 1 is 1.22 bits per heavy atom. The minimum atomic E-state index is -0.172. The molecule has 1 aromatic carbocycles. The van der Waals surface area contributed by atoms with E-state index in [1.54, 1.807) is 43.0 Å². The van der Waals surface area contributed by atoms with Gasteiger partial charge in [0.1, 0.15) is 5.65 Å². The average Bonchev–Trinajstić information content (AvgIpc) is 3.23. The van der Waals surface area contributed by atoms with Crippen molar-refractivity contribution in [3.05, 3.63) is 51.7 Å². The minimum Gasteiger partial charge on any atom is -0.385 e. The highest BCUT2D eigenvalue weighted by atomic mass is 35.5. The van der Waals surface area contributed by atoms with Crippen LogP contribution >= 0.6 is 11.6 Å². The van der Waals surface area contributed by atoms with E-state index in [0.717, 1.165) is 11.8 Å². The third kappa shape index (κ3) is 4.35. The monoisotopic (exact) mass is 454 g/mol. The molecule has 0 aliphatic carbocycles. The molecule has 3 aromatic heterocycles. The molecule has 4 rings (SSSR count). The van der Waals surface area contributed by atoms with Crippen LogP contribution in [0.3, 0.4) is 0 Å². The molecular weight excluding hydrogens is 432 g/mol. The molecule has 0 spiro atoms. The van der Waals surface area contributed by atoms with Crippen LogP contribution in [0.15, 0.2) is 39.8 Å². The Balaban J connectivity index is 1.73. The fourth-order valence-electron chi connectivity index (χ4n) is 3.44. The molecule has 32 heavy (non-hydrogen) atoms. The lowest BCUT2D eigenvalue weighted by atomic mass is 10.0. The third-order valence-corrected chi connectivity index (χ3v) is 5.31. The second-order valence-electron chi connectivity index (χ2n) is 7.18. The van der Waals surface area contributed by atoms with Gasteiger partial charge in [-0.15, -0.1) is 0 Å². The molecule has 166 valence electrons. The van der Waals surface area contributed by atoms with E-state index in [1.165, 1.54) is 0 Å². The zero-order valence-electron chi connectivity index (χ0n) is 18.1. The first-order chi connectivity index (χ1) is 15.5. The van der Waals surface area contributed by atoms with Crippen LogP contribution in [0.4, 0.5) is 5.95 Å². The van der Waals surface area contributed by atoms with Gasteiger partial charge in [0.25, 0.3) is 5.56 Å². The maximum absolute atomic E-state index is 13.3. The summed E-state index contributed by atoms with van der Waals surface area (Å²) in [5.74, 6) is 1.38. The van der Waals surface area contributed by atoms with Crippen molar-refractivity contribution in [2.45, 2.75) is 26.8 Å². The molecular formula is C22H23ClN6O3. The van der Waals surface area contributed by atoms with E-state index in [2.05, 4.69) is 25.4 Å². The third-order valence-electron chi connectivity index (χ3n) is 5.00. The predicted molar refractivity (Wildman–Crippen MR) is 123 cm³/mol. The van der Waals surface area contributed by atoms with Crippen molar-refractivity contribution in [2.75, 3.05) is 25.6 Å². The summed E-state index contributed by atoms with van der Waals surface area (Å²) in [4.78, 5) is 26.5. The van der Waals surface area contributed by atoms with Gasteiger partial charge < -0.3 is 14.6 Å². The number of fused-ring (bicyclic) bond motifs is 1. The van der Waals surface area contributed by atoms with Gasteiger partial charge in [-0.1, -0.05) is 28.9 Å². The Labute approximate surface area is 189 Å². The smallest absolute Gasteiger partial charge is 0.260 e. The van der Waals surface area contributed by atoms with Crippen LogP contribution in [0.1, 0.15) is 19.2 Å². The minimum absolute atomic E-state index is 0.172. The van der Waals surface area contributed by atoms with E-state index < -0.39 is 0 Å². The zero-order valence-corrected chi connectivity index (χ0v) is 18.8. The largest absolute Gasteiger partial charge is 0.385 e. The number of methoxy groups -OCH3 is 1. The molecule has 0 unspecified atom stereocenters. The number of anilines is 1. The molecule has 10 heteroatoms. The molecule has 0 amide bonds. The number of benzene rings is 1. The Morgan fingerprint density at radius 3 is 2.75 bits per heavy atom. The molecule has 0 saturated heterocycles. The quantitative estimate of drug-likeness (QED) is 0.399. The van der Waals surface area contributed by atoms with Crippen LogP contribution in [0.5, 0.6) is 0 Å². The number of hydrogen-bond acceptors (Lipinski definition) is 8. The maximum Gasteiger partial charge on any atom is 0.260 e. The second-order valence-corrected chi connectivity index (χ2v) is 7.59. The van der Waals surface area contributed by atoms with Crippen molar-refractivity contribution in [3.63, 3.8) is 0 Å². The van der Waals surface area contributed by atoms with Crippen LogP contribution in [0, 0.1) is 6.92 Å². The number of aromatic nitrogens is 5. The highest BCUT2D eigenvalue weighted by Crippen LogP contribution is 2.31. The van der Waals surface area contributed by atoms with Crippen LogP contribution in [-0.4, -0.2) is 44.9 Å². The Kier molecular flexibility index (Phi) is 6.48. The van der Waals surface area contributed by atoms with E-state index in [-0.39, 0.29) is 5.56 Å². The zero-order chi connectivity index (χ0) is 22.7. The summed E-state index contributed by atoms with van der Waals surface area (Å²) in [5, 5.41) is 8.24. The van der Waals surface area contributed by atoms with Gasteiger partial charge in [0, 0.05) is 67.0 Å². The number of hydrogen-bond donors (Lipinski definition) is 1. The van der Waals surface area contributed by atoms with Crippen molar-refractivity contribution < 1.29 is 9.26 Å². The molecule has 0 bridgehead atoms. The van der Waals surface area contributed by atoms with Gasteiger partial charge in [0.15, 0.2) is 0 Å². The molecule has 0 atom stereocenters. The Hall–Kier alpha value is -3.30. The second kappa shape index (κ2) is 9.46. The van der Waals surface area contributed by atoms with Crippen molar-refractivity contribution in [3.8, 4) is 22.5 Å². The number of pyridine rings is 1. The predicted octanol–water partition coefficient (Wildman–Crippen LogP) is 3.94. The summed E-state index contributed by atoms with van der Waals surface area (Å²) in [7, 11) is 1.66. The molecule has 0 fully saturated rings. The maximum atomic E-state index is 13.3. The highest BCUT2D eigenvalue weighted by molar-refractivity contribution is 6.33. The fourth-order valence-corrected chi connectivity index (χ4v) is 3.72. The summed E-state index contributed by atoms with van der Waals surface area (Å²) in [6, 6.07) is 7.11. The standard InChI is InChI=1S/C22H23ClN6O3/c1-4-29-20-15(12-25-22(27-20)24-8-5-9-31-3)10-17(21(29)30)16-7-6-14(11-18(16)23)19-26-13(2)32-28-19/h6-7,10-12H,4-5,8-9H2,1-3H3,(H,24,25,27). The topological polar surface area (TPSA) is 108 Å². The molecule has 0 saturated carbocycles. The lowest BCUT2D eigenvalue weighted by molar-refractivity contribution is 0.197. The first-order valence-corrected chi connectivity index (χ1v) is 10.6. The van der Waals surface area contributed by atoms with Gasteiger partial charge in [-0.2, -0.15) is 9.97 Å². The molecule has 0 aliphatic heterocycles. The molecule has 0 radical (unpaired) electrons. The lowest BCUT2D eigenvalue weighted by Gasteiger charge is -2.13. The number of nitrogens with one attached hydrogen (secondary N) is 1. The molecule has 3 heterocycles. The van der Waals surface area contributed by atoms with Gasteiger partial charge >= 0.3 is 0 Å². The number of ether oxygens (including phenoxy) is 1. The summed E-state index contributed by atoms with van der Waals surface area (Å²) < 4.78 is 11.7. The summed E-state index contributed by atoms with van der Waals surface area (Å²) in [6.07, 6.45) is 2.54. The van der Waals surface area contributed by atoms with Crippen LogP contribution in [0.2, 0.25) is 5.02 Å². The van der Waals surface area contributed by atoms with Gasteiger partial charge in [0.2, 0.25) is 17.7 Å². The first-order valence-electron chi connectivity index (χ1n) is 10.3. The van der Waals surface area contributed by atoms with E-state index in [4.69, 9.17) is 20.9 Å². The van der Waals surface area contributed by atoms with E-state index in [1.807, 2.05) is 13.0 Å². The van der Waals surface area contributed by atoms with Crippen molar-refractivity contribution in [1.82, 2.24) is 24.7 Å². The SMILES string of the molecule is CCn1c(=O)c(-c2ccc(-c3noc(C)n3)cc2Cl)cc2cnc(NCCCOC)nc21. The van der Waals surface area contributed by atoms with Crippen LogP contribution in [-0.2, 0) is 11.3 Å². The Morgan fingerprint density at radius 2 is 2.06 bits per heavy atom. The van der Waals surface area contributed by atoms with E-state index in [0.29, 0.717) is 64.7 Å². The van der Waals surface area contributed by atoms with Gasteiger partial charge in [-0.05, 0) is 25.5 Å². The van der Waals surface area contributed by atoms with Gasteiger partial charge in [0.05, 0.1) is 0 Å².